The molecule has 6 nitrogen and oxygen atoms in total. The summed E-state index contributed by atoms with van der Waals surface area (Å²) in [6, 6.07) is 0.553. The summed E-state index contributed by atoms with van der Waals surface area (Å²) in [7, 11) is 0. The van der Waals surface area contributed by atoms with Crippen LogP contribution >= 0.6 is 0 Å². The second-order valence-corrected chi connectivity index (χ2v) is 3.99. The number of primary amides is 1. The van der Waals surface area contributed by atoms with Crippen LogP contribution in [0.3, 0.4) is 0 Å². The summed E-state index contributed by atoms with van der Waals surface area (Å²) in [5, 5.41) is 7.44. The van der Waals surface area contributed by atoms with E-state index in [1.54, 1.807) is 10.9 Å². The number of hydrogen-bond acceptors (Lipinski definition) is 4. The fourth-order valence-electron chi connectivity index (χ4n) is 2.07. The number of carbonyl (C=O) groups is 1. The van der Waals surface area contributed by atoms with Crippen LogP contribution in [-0.2, 0) is 0 Å². The van der Waals surface area contributed by atoms with Crippen LogP contribution < -0.4 is 11.5 Å². The Hall–Kier alpha value is -1.43. The van der Waals surface area contributed by atoms with E-state index in [-0.39, 0.29) is 17.9 Å². The van der Waals surface area contributed by atoms with Gasteiger partial charge in [0, 0.05) is 12.1 Å². The molecule has 0 spiro atoms. The van der Waals surface area contributed by atoms with Gasteiger partial charge in [-0.15, -0.1) is 10.2 Å². The largest absolute Gasteiger partial charge is 0.363 e. The molecule has 1 aromatic heterocycles. The van der Waals surface area contributed by atoms with Crippen molar-refractivity contribution in [3.05, 3.63) is 12.2 Å². The smallest absolute Gasteiger partial charge is 0.286 e. The maximum atomic E-state index is 11.1. The first-order chi connectivity index (χ1) is 7.18. The van der Waals surface area contributed by atoms with E-state index in [0.29, 0.717) is 0 Å². The molecular formula is C9H15N5O. The molecule has 0 aromatic carbocycles. The minimum absolute atomic E-state index is 0.246. The van der Waals surface area contributed by atoms with Crippen molar-refractivity contribution in [2.45, 2.75) is 37.8 Å². The van der Waals surface area contributed by atoms with Crippen LogP contribution in [0, 0.1) is 0 Å². The van der Waals surface area contributed by atoms with Gasteiger partial charge in [0.1, 0.15) is 6.33 Å². The highest BCUT2D eigenvalue weighted by molar-refractivity contribution is 5.88. The van der Waals surface area contributed by atoms with E-state index in [9.17, 15) is 4.79 Å². The van der Waals surface area contributed by atoms with Gasteiger partial charge in [-0.2, -0.15) is 0 Å². The second kappa shape index (κ2) is 3.98. The zero-order valence-corrected chi connectivity index (χ0v) is 8.47. The number of aromatic nitrogens is 3. The van der Waals surface area contributed by atoms with Crippen LogP contribution in [0.4, 0.5) is 0 Å². The van der Waals surface area contributed by atoms with Crippen molar-refractivity contribution in [1.82, 2.24) is 14.8 Å². The first-order valence-electron chi connectivity index (χ1n) is 5.13. The molecule has 1 heterocycles. The summed E-state index contributed by atoms with van der Waals surface area (Å²) < 4.78 is 1.77. The Kier molecular flexibility index (Phi) is 2.68. The van der Waals surface area contributed by atoms with Gasteiger partial charge in [-0.05, 0) is 25.7 Å². The Balaban J connectivity index is 2.15. The van der Waals surface area contributed by atoms with Crippen molar-refractivity contribution in [2.24, 2.45) is 11.5 Å². The summed E-state index contributed by atoms with van der Waals surface area (Å²) in [6.45, 7) is 0. The van der Waals surface area contributed by atoms with E-state index in [1.807, 2.05) is 0 Å². The summed E-state index contributed by atoms with van der Waals surface area (Å²) in [4.78, 5) is 11.1. The van der Waals surface area contributed by atoms with E-state index in [4.69, 9.17) is 11.5 Å². The Bertz CT molecular complexity index is 353. The van der Waals surface area contributed by atoms with E-state index < -0.39 is 5.91 Å². The van der Waals surface area contributed by atoms with Gasteiger partial charge in [-0.25, -0.2) is 0 Å². The number of carbonyl (C=O) groups excluding carboxylic acids is 1. The van der Waals surface area contributed by atoms with Gasteiger partial charge in [0.25, 0.3) is 5.91 Å². The summed E-state index contributed by atoms with van der Waals surface area (Å²) >= 11 is 0. The van der Waals surface area contributed by atoms with Gasteiger partial charge in [-0.1, -0.05) is 0 Å². The third-order valence-corrected chi connectivity index (χ3v) is 2.93. The molecule has 6 heteroatoms. The van der Waals surface area contributed by atoms with Crippen molar-refractivity contribution in [1.29, 1.82) is 0 Å². The predicted octanol–water partition coefficient (Wildman–Crippen LogP) is -0.181. The highest BCUT2D eigenvalue weighted by Crippen LogP contribution is 2.27. The monoisotopic (exact) mass is 209 g/mol. The average Bonchev–Trinajstić information content (AvgIpc) is 2.67. The molecule has 15 heavy (non-hydrogen) atoms. The summed E-state index contributed by atoms with van der Waals surface area (Å²) in [5.41, 5.74) is 11.0. The van der Waals surface area contributed by atoms with E-state index >= 15 is 0 Å². The first kappa shape index (κ1) is 10.1. The molecule has 1 aliphatic rings. The quantitative estimate of drug-likeness (QED) is 0.705. The zero-order valence-electron chi connectivity index (χ0n) is 8.47. The normalized spacial score (nSPS) is 26.5. The van der Waals surface area contributed by atoms with Gasteiger partial charge < -0.3 is 16.0 Å². The van der Waals surface area contributed by atoms with Crippen molar-refractivity contribution in [3.63, 3.8) is 0 Å². The molecule has 82 valence electrons. The van der Waals surface area contributed by atoms with Crippen molar-refractivity contribution < 1.29 is 4.79 Å². The number of hydrogen-bond donors (Lipinski definition) is 2. The molecule has 1 saturated carbocycles. The average molecular weight is 209 g/mol. The van der Waals surface area contributed by atoms with Gasteiger partial charge in [-0.3, -0.25) is 4.79 Å². The molecule has 1 aliphatic carbocycles. The molecule has 0 aliphatic heterocycles. The first-order valence-corrected chi connectivity index (χ1v) is 5.13. The molecule has 2 rings (SSSR count). The van der Waals surface area contributed by atoms with Crippen molar-refractivity contribution in [2.75, 3.05) is 0 Å². The lowest BCUT2D eigenvalue weighted by atomic mass is 9.91. The van der Waals surface area contributed by atoms with E-state index in [0.717, 1.165) is 25.7 Å². The third kappa shape index (κ3) is 1.99. The van der Waals surface area contributed by atoms with Gasteiger partial charge in [0.05, 0.1) is 0 Å². The molecule has 0 saturated heterocycles. The lowest BCUT2D eigenvalue weighted by Crippen LogP contribution is -2.29. The van der Waals surface area contributed by atoms with Gasteiger partial charge in [0.15, 0.2) is 0 Å². The molecular weight excluding hydrogens is 194 g/mol. The summed E-state index contributed by atoms with van der Waals surface area (Å²) in [5.74, 6) is -0.280. The molecule has 0 atom stereocenters. The zero-order chi connectivity index (χ0) is 10.8. The van der Waals surface area contributed by atoms with Gasteiger partial charge in [0.2, 0.25) is 5.82 Å². The topological polar surface area (TPSA) is 99.8 Å². The molecule has 1 fully saturated rings. The maximum absolute atomic E-state index is 11.1. The van der Waals surface area contributed by atoms with Crippen LogP contribution in [0.25, 0.3) is 0 Å². The summed E-state index contributed by atoms with van der Waals surface area (Å²) in [6.07, 6.45) is 5.43. The van der Waals surface area contributed by atoms with E-state index in [1.165, 1.54) is 0 Å². The number of amides is 1. The molecule has 0 bridgehead atoms. The minimum Gasteiger partial charge on any atom is -0.363 e. The molecule has 4 N–H and O–H groups in total. The van der Waals surface area contributed by atoms with Crippen LogP contribution in [0.2, 0.25) is 0 Å². The van der Waals surface area contributed by atoms with Crippen LogP contribution in [0.1, 0.15) is 42.3 Å². The minimum atomic E-state index is -0.526. The predicted molar refractivity (Wildman–Crippen MR) is 54.0 cm³/mol. The number of rotatable bonds is 2. The highest BCUT2D eigenvalue weighted by Gasteiger charge is 2.23. The number of nitrogens with two attached hydrogens (primary N) is 2. The van der Waals surface area contributed by atoms with Crippen LogP contribution in [-0.4, -0.2) is 26.7 Å². The Morgan fingerprint density at radius 2 is 2.07 bits per heavy atom. The fourth-order valence-corrected chi connectivity index (χ4v) is 2.07. The Labute approximate surface area is 87.6 Å². The molecule has 1 aromatic rings. The lowest BCUT2D eigenvalue weighted by molar-refractivity contribution is 0.0981. The number of nitrogens with zero attached hydrogens (tertiary/aromatic N) is 3. The second-order valence-electron chi connectivity index (χ2n) is 3.99. The third-order valence-electron chi connectivity index (χ3n) is 2.93. The van der Waals surface area contributed by atoms with Crippen molar-refractivity contribution >= 4 is 5.91 Å². The molecule has 0 radical (unpaired) electrons. The Morgan fingerprint density at radius 3 is 2.67 bits per heavy atom. The lowest BCUT2D eigenvalue weighted by Gasteiger charge is -2.27. The SMILES string of the molecule is NC(=O)c1nncn1C1CCC(N)CC1. The van der Waals surface area contributed by atoms with Gasteiger partial charge >= 0.3 is 0 Å². The molecule has 1 amide bonds. The Morgan fingerprint density at radius 1 is 1.40 bits per heavy atom. The molecule has 0 unspecified atom stereocenters. The maximum Gasteiger partial charge on any atom is 0.286 e. The van der Waals surface area contributed by atoms with Crippen LogP contribution in [0.5, 0.6) is 0 Å². The van der Waals surface area contributed by atoms with E-state index in [2.05, 4.69) is 10.2 Å². The highest BCUT2D eigenvalue weighted by atomic mass is 16.1. The fraction of sp³-hybridized carbons (Fsp3) is 0.667. The van der Waals surface area contributed by atoms with Crippen molar-refractivity contribution in [3.8, 4) is 0 Å². The van der Waals surface area contributed by atoms with Crippen LogP contribution in [0.15, 0.2) is 6.33 Å². The standard InChI is InChI=1S/C9H15N5O/c10-6-1-3-7(4-2-6)14-5-12-13-9(14)8(11)15/h5-7H,1-4,10H2,(H2,11,15).